The molecule has 0 aromatic rings. The van der Waals surface area contributed by atoms with Crippen LogP contribution in [0.5, 0.6) is 0 Å². The molecule has 6 heteroatoms. The molecule has 0 aromatic heterocycles. The predicted octanol–water partition coefficient (Wildman–Crippen LogP) is 21.3. The Morgan fingerprint density at radius 2 is 0.527 bits per heavy atom. The fourth-order valence-corrected chi connectivity index (χ4v) is 8.61. The average molecular weight is 1030 g/mol. The monoisotopic (exact) mass is 1030 g/mol. The molecule has 0 amide bonds. The van der Waals surface area contributed by atoms with Crippen LogP contribution < -0.4 is 0 Å². The third kappa shape index (κ3) is 59.2. The number of allylic oxidation sites excluding steroid dienone is 16. The zero-order chi connectivity index (χ0) is 53.6. The van der Waals surface area contributed by atoms with E-state index in [9.17, 15) is 14.4 Å². The van der Waals surface area contributed by atoms with E-state index in [0.29, 0.717) is 19.3 Å². The van der Waals surface area contributed by atoms with Gasteiger partial charge in [-0.2, -0.15) is 0 Å². The van der Waals surface area contributed by atoms with Gasteiger partial charge in [-0.05, 0) is 122 Å². The lowest BCUT2D eigenvalue weighted by Crippen LogP contribution is -2.30. The summed E-state index contributed by atoms with van der Waals surface area (Å²) in [5.74, 6) is -0.910. The fourth-order valence-electron chi connectivity index (χ4n) is 8.61. The predicted molar refractivity (Wildman–Crippen MR) is 320 cm³/mol. The van der Waals surface area contributed by atoms with E-state index >= 15 is 0 Å². The lowest BCUT2D eigenvalue weighted by molar-refractivity contribution is -0.167. The highest BCUT2D eigenvalue weighted by Crippen LogP contribution is 2.15. The van der Waals surface area contributed by atoms with E-state index in [0.717, 1.165) is 122 Å². The normalized spacial score (nSPS) is 12.7. The number of ether oxygens (including phenoxy) is 3. The van der Waals surface area contributed by atoms with Crippen molar-refractivity contribution in [2.24, 2.45) is 0 Å². The summed E-state index contributed by atoms with van der Waals surface area (Å²) in [6, 6.07) is 0. The maximum Gasteiger partial charge on any atom is 0.306 e. The summed E-state index contributed by atoms with van der Waals surface area (Å²) in [6.45, 7) is 6.50. The standard InChI is InChI=1S/C68H116O6/c1-4-7-10-13-16-19-22-25-28-31-33-34-36-37-40-43-46-49-52-55-58-61-67(70)73-64-65(63-72-66(69)60-57-54-51-48-45-42-39-30-27-24-21-18-15-12-9-6-3)74-68(71)62-59-56-53-50-47-44-41-38-35-32-29-26-23-20-17-14-11-8-5-2/h7,10,16-17,19-20,25-26,28-30,33-35,38-39,65H,4-6,8-9,11-15,18,21-24,27,31-32,36-37,40-64H2,1-3H3/b10-7-,19-16-,20-17-,28-25-,29-26-,34-33-,38-35-,39-30-. The molecule has 0 fully saturated rings. The first-order chi connectivity index (χ1) is 36.5. The van der Waals surface area contributed by atoms with E-state index in [2.05, 4.69) is 118 Å². The second-order valence-corrected chi connectivity index (χ2v) is 20.6. The Morgan fingerprint density at radius 1 is 0.284 bits per heavy atom. The lowest BCUT2D eigenvalue weighted by atomic mass is 10.1. The SMILES string of the molecule is CC/C=C\C/C=C\C/C=C\C/C=C\CCCCCCCCCCC(=O)OCC(COC(=O)CCCCCCC/C=C\CCCCCCCCC)OC(=O)CCCCCCCC/C=C\C/C=C\C/C=C\CCCCC. The Bertz CT molecular complexity index is 1460. The minimum absolute atomic E-state index is 0.0895. The van der Waals surface area contributed by atoms with Gasteiger partial charge in [0.2, 0.25) is 0 Å². The van der Waals surface area contributed by atoms with Crippen molar-refractivity contribution in [2.75, 3.05) is 13.2 Å². The Hall–Kier alpha value is -3.67. The minimum atomic E-state index is -0.794. The molecule has 0 aliphatic heterocycles. The van der Waals surface area contributed by atoms with Crippen molar-refractivity contribution < 1.29 is 28.6 Å². The van der Waals surface area contributed by atoms with Crippen LogP contribution in [0.2, 0.25) is 0 Å². The molecule has 0 radical (unpaired) electrons. The highest BCUT2D eigenvalue weighted by Gasteiger charge is 2.19. The van der Waals surface area contributed by atoms with Crippen LogP contribution in [0, 0.1) is 0 Å². The van der Waals surface area contributed by atoms with Gasteiger partial charge in [0, 0.05) is 19.3 Å². The molecule has 0 aliphatic rings. The zero-order valence-electron chi connectivity index (χ0n) is 48.6. The van der Waals surface area contributed by atoms with Crippen LogP contribution in [0.15, 0.2) is 97.2 Å². The molecular formula is C68H116O6. The summed E-state index contributed by atoms with van der Waals surface area (Å²) in [5.41, 5.74) is 0. The van der Waals surface area contributed by atoms with E-state index in [1.54, 1.807) is 0 Å². The molecule has 0 heterocycles. The van der Waals surface area contributed by atoms with E-state index in [1.807, 2.05) is 0 Å². The molecule has 1 unspecified atom stereocenters. The van der Waals surface area contributed by atoms with Gasteiger partial charge >= 0.3 is 17.9 Å². The molecule has 0 saturated heterocycles. The smallest absolute Gasteiger partial charge is 0.306 e. The summed E-state index contributed by atoms with van der Waals surface area (Å²) < 4.78 is 16.9. The molecular weight excluding hydrogens is 913 g/mol. The summed E-state index contributed by atoms with van der Waals surface area (Å²) in [6.07, 6.45) is 82.5. The van der Waals surface area contributed by atoms with E-state index in [1.165, 1.54) is 135 Å². The summed E-state index contributed by atoms with van der Waals surface area (Å²) >= 11 is 0. The lowest BCUT2D eigenvalue weighted by Gasteiger charge is -2.18. The Kier molecular flexibility index (Phi) is 58.8. The Morgan fingerprint density at radius 3 is 0.865 bits per heavy atom. The van der Waals surface area contributed by atoms with Gasteiger partial charge in [0.25, 0.3) is 0 Å². The number of carbonyl (C=O) groups is 3. The van der Waals surface area contributed by atoms with Crippen LogP contribution in [-0.4, -0.2) is 37.2 Å². The van der Waals surface area contributed by atoms with Gasteiger partial charge in [0.05, 0.1) is 0 Å². The number of carbonyl (C=O) groups excluding carboxylic acids is 3. The largest absolute Gasteiger partial charge is 0.462 e. The molecule has 0 spiro atoms. The first-order valence-corrected chi connectivity index (χ1v) is 31.2. The third-order valence-corrected chi connectivity index (χ3v) is 13.3. The van der Waals surface area contributed by atoms with E-state index in [4.69, 9.17) is 14.2 Å². The second kappa shape index (κ2) is 61.9. The molecule has 0 saturated carbocycles. The highest BCUT2D eigenvalue weighted by atomic mass is 16.6. The fraction of sp³-hybridized carbons (Fsp3) is 0.721. The Labute approximate surface area is 457 Å². The molecule has 0 rings (SSSR count). The molecule has 1 atom stereocenters. The first kappa shape index (κ1) is 70.3. The maximum atomic E-state index is 12.9. The maximum absolute atomic E-state index is 12.9. The molecule has 0 bridgehead atoms. The van der Waals surface area contributed by atoms with Crippen molar-refractivity contribution >= 4 is 17.9 Å². The van der Waals surface area contributed by atoms with Crippen molar-refractivity contribution in [3.05, 3.63) is 97.2 Å². The summed E-state index contributed by atoms with van der Waals surface area (Å²) in [5, 5.41) is 0. The molecule has 0 N–H and O–H groups in total. The van der Waals surface area contributed by atoms with Crippen molar-refractivity contribution in [1.82, 2.24) is 0 Å². The van der Waals surface area contributed by atoms with Gasteiger partial charge in [-0.1, -0.05) is 253 Å². The van der Waals surface area contributed by atoms with Gasteiger partial charge in [0.15, 0.2) is 6.10 Å². The first-order valence-electron chi connectivity index (χ1n) is 31.2. The average Bonchev–Trinajstić information content (AvgIpc) is 3.40. The van der Waals surface area contributed by atoms with Crippen molar-refractivity contribution in [3.8, 4) is 0 Å². The van der Waals surface area contributed by atoms with Crippen molar-refractivity contribution in [3.63, 3.8) is 0 Å². The van der Waals surface area contributed by atoms with Gasteiger partial charge in [-0.15, -0.1) is 0 Å². The van der Waals surface area contributed by atoms with Crippen LogP contribution in [0.4, 0.5) is 0 Å². The number of unbranched alkanes of at least 4 members (excludes halogenated alkanes) is 29. The van der Waals surface area contributed by atoms with Gasteiger partial charge in [-0.3, -0.25) is 14.4 Å². The van der Waals surface area contributed by atoms with E-state index in [-0.39, 0.29) is 31.1 Å². The molecule has 74 heavy (non-hydrogen) atoms. The molecule has 0 aliphatic carbocycles. The van der Waals surface area contributed by atoms with Crippen molar-refractivity contribution in [2.45, 2.75) is 303 Å². The van der Waals surface area contributed by atoms with Gasteiger partial charge in [0.1, 0.15) is 13.2 Å². The van der Waals surface area contributed by atoms with Crippen LogP contribution in [0.25, 0.3) is 0 Å². The number of rotatable bonds is 56. The van der Waals surface area contributed by atoms with Crippen molar-refractivity contribution in [1.29, 1.82) is 0 Å². The zero-order valence-corrected chi connectivity index (χ0v) is 48.6. The molecule has 424 valence electrons. The minimum Gasteiger partial charge on any atom is -0.462 e. The number of hydrogen-bond acceptors (Lipinski definition) is 6. The number of esters is 3. The number of hydrogen-bond donors (Lipinski definition) is 0. The summed E-state index contributed by atoms with van der Waals surface area (Å²) in [4.78, 5) is 38.3. The van der Waals surface area contributed by atoms with Gasteiger partial charge in [-0.25, -0.2) is 0 Å². The quantitative estimate of drug-likeness (QED) is 0.0261. The highest BCUT2D eigenvalue weighted by molar-refractivity contribution is 5.71. The van der Waals surface area contributed by atoms with E-state index < -0.39 is 6.10 Å². The third-order valence-electron chi connectivity index (χ3n) is 13.3. The summed E-state index contributed by atoms with van der Waals surface area (Å²) in [7, 11) is 0. The van der Waals surface area contributed by atoms with Gasteiger partial charge < -0.3 is 14.2 Å². The molecule has 0 aromatic carbocycles. The van der Waals surface area contributed by atoms with Crippen LogP contribution in [-0.2, 0) is 28.6 Å². The molecule has 6 nitrogen and oxygen atoms in total. The van der Waals surface area contributed by atoms with Crippen LogP contribution >= 0.6 is 0 Å². The topological polar surface area (TPSA) is 78.9 Å². The van der Waals surface area contributed by atoms with Crippen LogP contribution in [0.1, 0.15) is 297 Å². The Balaban J connectivity index is 4.43. The van der Waals surface area contributed by atoms with Crippen LogP contribution in [0.3, 0.4) is 0 Å². The second-order valence-electron chi connectivity index (χ2n) is 20.6.